The quantitative estimate of drug-likeness (QED) is 0.635. The summed E-state index contributed by atoms with van der Waals surface area (Å²) in [6.07, 6.45) is 2.45. The minimum absolute atomic E-state index is 0.0894. The molecule has 1 fully saturated rings. The summed E-state index contributed by atoms with van der Waals surface area (Å²) in [6, 6.07) is 4.81. The van der Waals surface area contributed by atoms with E-state index in [2.05, 4.69) is 26.1 Å². The highest BCUT2D eigenvalue weighted by Gasteiger charge is 2.25. The van der Waals surface area contributed by atoms with Crippen LogP contribution in [0.4, 0.5) is 5.69 Å². The van der Waals surface area contributed by atoms with Crippen LogP contribution in [0, 0.1) is 10.1 Å². The van der Waals surface area contributed by atoms with E-state index in [4.69, 9.17) is 0 Å². The first-order valence-corrected chi connectivity index (χ1v) is 7.20. The largest absolute Gasteiger partial charge is 0.351 e. The average molecular weight is 342 g/mol. The van der Waals surface area contributed by atoms with Crippen LogP contribution in [-0.2, 0) is 0 Å². The number of halogens is 1. The Labute approximate surface area is 125 Å². The molecule has 6 nitrogen and oxygen atoms in total. The van der Waals surface area contributed by atoms with Gasteiger partial charge in [0.1, 0.15) is 0 Å². The number of benzene rings is 1. The number of amides is 1. The van der Waals surface area contributed by atoms with E-state index in [1.54, 1.807) is 0 Å². The van der Waals surface area contributed by atoms with E-state index in [1.165, 1.54) is 31.0 Å². The Morgan fingerprint density at radius 3 is 2.85 bits per heavy atom. The highest BCUT2D eigenvalue weighted by molar-refractivity contribution is 9.10. The number of likely N-dealkylation sites (N-methyl/N-ethyl adjacent to an activating group) is 1. The summed E-state index contributed by atoms with van der Waals surface area (Å²) in [6.45, 7) is 1.31. The molecule has 1 amide bonds. The molecule has 0 spiro atoms. The van der Waals surface area contributed by atoms with Crippen LogP contribution in [0.5, 0.6) is 0 Å². The van der Waals surface area contributed by atoms with E-state index in [0.29, 0.717) is 17.1 Å². The fraction of sp³-hybridized carbons (Fsp3) is 0.462. The molecule has 0 atom stereocenters. The second-order valence-corrected chi connectivity index (χ2v) is 5.74. The SMILES string of the molecule is CN(CCNC(=O)c1cc([N+](=O)[O-])ccc1Br)C1CC1. The van der Waals surface area contributed by atoms with E-state index in [0.717, 1.165) is 6.54 Å². The fourth-order valence-electron chi connectivity index (χ4n) is 1.94. The number of carbonyl (C=O) groups excluding carboxylic acids is 1. The zero-order valence-corrected chi connectivity index (χ0v) is 12.7. The molecule has 7 heteroatoms. The number of nitro benzene ring substituents is 1. The second kappa shape index (κ2) is 6.32. The van der Waals surface area contributed by atoms with E-state index < -0.39 is 4.92 Å². The minimum atomic E-state index is -0.510. The summed E-state index contributed by atoms with van der Waals surface area (Å²) >= 11 is 3.24. The maximum absolute atomic E-state index is 12.0. The minimum Gasteiger partial charge on any atom is -0.351 e. The lowest BCUT2D eigenvalue weighted by molar-refractivity contribution is -0.384. The molecule has 0 saturated heterocycles. The molecule has 1 N–H and O–H groups in total. The van der Waals surface area contributed by atoms with Gasteiger partial charge in [-0.15, -0.1) is 0 Å². The number of nitro groups is 1. The molecule has 1 aliphatic carbocycles. The number of carbonyl (C=O) groups is 1. The lowest BCUT2D eigenvalue weighted by atomic mass is 10.2. The molecule has 1 aromatic rings. The topological polar surface area (TPSA) is 75.5 Å². The van der Waals surface area contributed by atoms with Crippen molar-refractivity contribution in [3.63, 3.8) is 0 Å². The first-order chi connectivity index (χ1) is 9.49. The van der Waals surface area contributed by atoms with Gasteiger partial charge in [-0.3, -0.25) is 14.9 Å². The first kappa shape index (κ1) is 14.9. The van der Waals surface area contributed by atoms with Gasteiger partial charge >= 0.3 is 0 Å². The van der Waals surface area contributed by atoms with Crippen molar-refractivity contribution in [1.29, 1.82) is 0 Å². The van der Waals surface area contributed by atoms with E-state index in [-0.39, 0.29) is 17.2 Å². The molecule has 0 heterocycles. The maximum Gasteiger partial charge on any atom is 0.270 e. The van der Waals surface area contributed by atoms with Gasteiger partial charge in [0.15, 0.2) is 0 Å². The average Bonchev–Trinajstić information content (AvgIpc) is 3.22. The molecular formula is C13H16BrN3O3. The standard InChI is InChI=1S/C13H16BrN3O3/c1-16(9-2-3-9)7-6-15-13(18)11-8-10(17(19)20)4-5-12(11)14/h4-5,8-9H,2-3,6-7H2,1H3,(H,15,18). The highest BCUT2D eigenvalue weighted by atomic mass is 79.9. The van der Waals surface area contributed by atoms with E-state index in [9.17, 15) is 14.9 Å². The third kappa shape index (κ3) is 3.77. The smallest absolute Gasteiger partial charge is 0.270 e. The predicted octanol–water partition coefficient (Wildman–Crippen LogP) is 2.18. The normalized spacial score (nSPS) is 14.3. The van der Waals surface area contributed by atoms with Gasteiger partial charge in [0.25, 0.3) is 11.6 Å². The van der Waals surface area contributed by atoms with Crippen molar-refractivity contribution in [3.05, 3.63) is 38.3 Å². The van der Waals surface area contributed by atoms with Gasteiger partial charge in [-0.1, -0.05) is 0 Å². The molecular weight excluding hydrogens is 326 g/mol. The van der Waals surface area contributed by atoms with Crippen LogP contribution in [0.3, 0.4) is 0 Å². The lowest BCUT2D eigenvalue weighted by Gasteiger charge is -2.15. The molecule has 108 valence electrons. The number of hydrogen-bond donors (Lipinski definition) is 1. The third-order valence-electron chi connectivity index (χ3n) is 3.33. The van der Waals surface area contributed by atoms with Crippen LogP contribution in [0.25, 0.3) is 0 Å². The van der Waals surface area contributed by atoms with Crippen molar-refractivity contribution >= 4 is 27.5 Å². The Kier molecular flexibility index (Phi) is 4.72. The Morgan fingerprint density at radius 2 is 2.25 bits per heavy atom. The van der Waals surface area contributed by atoms with Gasteiger partial charge in [-0.25, -0.2) is 0 Å². The molecule has 0 bridgehead atoms. The molecule has 0 aliphatic heterocycles. The van der Waals surface area contributed by atoms with Gasteiger partial charge in [-0.2, -0.15) is 0 Å². The van der Waals surface area contributed by atoms with Crippen LogP contribution in [0.1, 0.15) is 23.2 Å². The zero-order chi connectivity index (χ0) is 14.7. The summed E-state index contributed by atoms with van der Waals surface area (Å²) in [5.41, 5.74) is 0.196. The first-order valence-electron chi connectivity index (χ1n) is 6.41. The van der Waals surface area contributed by atoms with E-state index in [1.807, 2.05) is 7.05 Å². The van der Waals surface area contributed by atoms with Crippen molar-refractivity contribution in [2.24, 2.45) is 0 Å². The second-order valence-electron chi connectivity index (χ2n) is 4.89. The Hall–Kier alpha value is -1.47. The number of nitrogens with one attached hydrogen (secondary N) is 1. The molecule has 0 aromatic heterocycles. The monoisotopic (exact) mass is 341 g/mol. The van der Waals surface area contributed by atoms with Crippen LogP contribution >= 0.6 is 15.9 Å². The zero-order valence-electron chi connectivity index (χ0n) is 11.1. The molecule has 1 aliphatic rings. The Balaban J connectivity index is 1.93. The van der Waals surface area contributed by atoms with Crippen molar-refractivity contribution in [2.45, 2.75) is 18.9 Å². The van der Waals surface area contributed by atoms with Gasteiger partial charge in [0, 0.05) is 35.7 Å². The number of nitrogens with zero attached hydrogens (tertiary/aromatic N) is 2. The molecule has 1 saturated carbocycles. The fourth-order valence-corrected chi connectivity index (χ4v) is 2.37. The van der Waals surface area contributed by atoms with Gasteiger partial charge in [0.05, 0.1) is 10.5 Å². The lowest BCUT2D eigenvalue weighted by Crippen LogP contribution is -2.34. The summed E-state index contributed by atoms with van der Waals surface area (Å²) in [7, 11) is 2.03. The predicted molar refractivity (Wildman–Crippen MR) is 78.8 cm³/mol. The molecule has 20 heavy (non-hydrogen) atoms. The number of rotatable bonds is 6. The summed E-state index contributed by atoms with van der Waals surface area (Å²) in [5.74, 6) is -0.301. The summed E-state index contributed by atoms with van der Waals surface area (Å²) in [5, 5.41) is 13.5. The van der Waals surface area contributed by atoms with E-state index >= 15 is 0 Å². The Morgan fingerprint density at radius 1 is 1.55 bits per heavy atom. The molecule has 1 aromatic carbocycles. The molecule has 0 unspecified atom stereocenters. The van der Waals surface area contributed by atoms with Crippen molar-refractivity contribution in [2.75, 3.05) is 20.1 Å². The maximum atomic E-state index is 12.0. The summed E-state index contributed by atoms with van der Waals surface area (Å²) in [4.78, 5) is 24.5. The van der Waals surface area contributed by atoms with Gasteiger partial charge in [-0.05, 0) is 41.9 Å². The molecule has 2 rings (SSSR count). The Bertz CT molecular complexity index is 532. The van der Waals surface area contributed by atoms with Crippen LogP contribution in [0.15, 0.2) is 22.7 Å². The highest BCUT2D eigenvalue weighted by Crippen LogP contribution is 2.25. The van der Waals surface area contributed by atoms with Crippen molar-refractivity contribution < 1.29 is 9.72 Å². The van der Waals surface area contributed by atoms with Crippen molar-refractivity contribution in [1.82, 2.24) is 10.2 Å². The molecule has 0 radical (unpaired) electrons. The van der Waals surface area contributed by atoms with Gasteiger partial charge < -0.3 is 10.2 Å². The van der Waals surface area contributed by atoms with Crippen LogP contribution in [-0.4, -0.2) is 41.9 Å². The third-order valence-corrected chi connectivity index (χ3v) is 4.02. The number of non-ortho nitro benzene ring substituents is 1. The van der Waals surface area contributed by atoms with Crippen molar-refractivity contribution in [3.8, 4) is 0 Å². The summed E-state index contributed by atoms with van der Waals surface area (Å²) < 4.78 is 0.552. The van der Waals surface area contributed by atoms with Crippen LogP contribution < -0.4 is 5.32 Å². The van der Waals surface area contributed by atoms with Crippen LogP contribution in [0.2, 0.25) is 0 Å². The van der Waals surface area contributed by atoms with Gasteiger partial charge in [0.2, 0.25) is 0 Å². The number of hydrogen-bond acceptors (Lipinski definition) is 4.